The molecular weight excluding hydrogens is 492 g/mol. The van der Waals surface area contributed by atoms with Crippen LogP contribution in [-0.4, -0.2) is 38.5 Å². The molecule has 2 aromatic heterocycles. The fourth-order valence-electron chi connectivity index (χ4n) is 3.85. The van der Waals surface area contributed by atoms with Gasteiger partial charge in [0, 0.05) is 23.4 Å². The molecule has 0 saturated carbocycles. The summed E-state index contributed by atoms with van der Waals surface area (Å²) in [6.45, 7) is 3.65. The normalized spacial score (nSPS) is 13.1. The number of hydrogen-bond acceptors (Lipinski definition) is 7. The Hall–Kier alpha value is -2.36. The predicted octanol–water partition coefficient (Wildman–Crippen LogP) is 5.30. The lowest BCUT2D eigenvalue weighted by atomic mass is 9.95. The van der Waals surface area contributed by atoms with Gasteiger partial charge in [-0.3, -0.25) is 4.79 Å². The Balaban J connectivity index is 1.42. The lowest BCUT2D eigenvalue weighted by Gasteiger charge is -2.14. The van der Waals surface area contributed by atoms with Gasteiger partial charge in [-0.1, -0.05) is 35.5 Å². The van der Waals surface area contributed by atoms with Crippen LogP contribution in [0.1, 0.15) is 58.9 Å². The van der Waals surface area contributed by atoms with Crippen LogP contribution in [0, 0.1) is 0 Å². The van der Waals surface area contributed by atoms with Crippen molar-refractivity contribution in [3.63, 3.8) is 0 Å². The molecule has 7 nitrogen and oxygen atoms in total. The van der Waals surface area contributed by atoms with Gasteiger partial charge in [0.25, 0.3) is 0 Å². The lowest BCUT2D eigenvalue weighted by Crippen LogP contribution is -2.19. The predicted molar refractivity (Wildman–Crippen MR) is 136 cm³/mol. The van der Waals surface area contributed by atoms with Crippen LogP contribution in [0.2, 0.25) is 5.02 Å². The average molecular weight is 519 g/mol. The topological polar surface area (TPSA) is 86.1 Å². The maximum Gasteiger partial charge on any atom is 0.341 e. The molecule has 0 atom stereocenters. The maximum absolute atomic E-state index is 12.8. The smallest absolute Gasteiger partial charge is 0.341 e. The highest BCUT2D eigenvalue weighted by molar-refractivity contribution is 7.99. The molecular formula is C24H27ClN4O3S2. The number of nitrogens with zero attached hydrogens (tertiary/aromatic N) is 3. The van der Waals surface area contributed by atoms with E-state index in [1.807, 2.05) is 49.7 Å². The summed E-state index contributed by atoms with van der Waals surface area (Å²) in [5.41, 5.74) is 2.64. The van der Waals surface area contributed by atoms with Gasteiger partial charge in [0.1, 0.15) is 10.8 Å². The van der Waals surface area contributed by atoms with Crippen LogP contribution in [0.5, 0.6) is 0 Å². The van der Waals surface area contributed by atoms with Crippen LogP contribution in [0.15, 0.2) is 29.4 Å². The molecule has 1 aromatic carbocycles. The molecule has 0 spiro atoms. The van der Waals surface area contributed by atoms with Gasteiger partial charge in [0.05, 0.1) is 17.4 Å². The highest BCUT2D eigenvalue weighted by atomic mass is 35.5. The van der Waals surface area contributed by atoms with Gasteiger partial charge < -0.3 is 14.6 Å². The minimum absolute atomic E-state index is 0.161. The molecule has 180 valence electrons. The van der Waals surface area contributed by atoms with E-state index in [4.69, 9.17) is 16.3 Å². The number of ether oxygens (including phenoxy) is 1. The van der Waals surface area contributed by atoms with Crippen molar-refractivity contribution in [3.05, 3.63) is 56.7 Å². The van der Waals surface area contributed by atoms with E-state index in [2.05, 4.69) is 15.5 Å². The number of aryl methyl sites for hydroxylation is 1. The number of carbonyl (C=O) groups excluding carboxylic acids is 2. The van der Waals surface area contributed by atoms with Crippen LogP contribution in [0.4, 0.5) is 5.00 Å². The number of thioether (sulfide) groups is 1. The van der Waals surface area contributed by atoms with E-state index in [1.165, 1.54) is 28.0 Å². The summed E-state index contributed by atoms with van der Waals surface area (Å²) >= 11 is 8.76. The van der Waals surface area contributed by atoms with E-state index in [1.54, 1.807) is 0 Å². The van der Waals surface area contributed by atoms with Crippen molar-refractivity contribution in [2.75, 3.05) is 11.1 Å². The third-order valence-corrected chi connectivity index (χ3v) is 7.98. The number of hydrogen-bond donors (Lipinski definition) is 1. The Bertz CT molecular complexity index is 1190. The number of anilines is 1. The molecule has 1 amide bonds. The number of amides is 1. The molecule has 1 aliphatic rings. The van der Waals surface area contributed by atoms with Gasteiger partial charge in [-0.05, 0) is 62.8 Å². The number of aromatic nitrogens is 3. The van der Waals surface area contributed by atoms with Crippen LogP contribution in [-0.2, 0) is 35.8 Å². The number of halogens is 1. The first-order valence-corrected chi connectivity index (χ1v) is 13.4. The van der Waals surface area contributed by atoms with Crippen molar-refractivity contribution in [2.45, 2.75) is 57.2 Å². The number of fused-ring (bicyclic) bond motifs is 1. The number of carbonyl (C=O) groups is 2. The zero-order valence-corrected chi connectivity index (χ0v) is 21.8. The fourth-order valence-corrected chi connectivity index (χ4v) is 5.99. The molecule has 34 heavy (non-hydrogen) atoms. The molecule has 2 heterocycles. The van der Waals surface area contributed by atoms with Gasteiger partial charge in [0.15, 0.2) is 5.16 Å². The summed E-state index contributed by atoms with van der Waals surface area (Å²) < 4.78 is 7.36. The average Bonchev–Trinajstić information content (AvgIpc) is 3.33. The standard InChI is InChI=1S/C24H27ClN4O3S2/c1-14(2)32-23(31)21-17-6-4-5-7-18(17)34-22(21)26-20(30)13-33-24-28-27-19(29(24)3)12-15-8-10-16(25)11-9-15/h8-11,14H,4-7,12-13H2,1-3H3,(H,26,30). The zero-order chi connectivity index (χ0) is 24.2. The Morgan fingerprint density at radius 1 is 1.21 bits per heavy atom. The molecule has 10 heteroatoms. The SMILES string of the molecule is CC(C)OC(=O)c1c(NC(=O)CSc2nnc(Cc3ccc(Cl)cc3)n2C)sc2c1CCCC2. The van der Waals surface area contributed by atoms with Crippen LogP contribution < -0.4 is 5.32 Å². The van der Waals surface area contributed by atoms with E-state index in [-0.39, 0.29) is 23.7 Å². The highest BCUT2D eigenvalue weighted by Crippen LogP contribution is 2.39. The van der Waals surface area contributed by atoms with E-state index in [0.717, 1.165) is 42.6 Å². The quantitative estimate of drug-likeness (QED) is 0.322. The number of esters is 1. The summed E-state index contributed by atoms with van der Waals surface area (Å²) in [4.78, 5) is 26.7. The lowest BCUT2D eigenvalue weighted by molar-refractivity contribution is -0.113. The van der Waals surface area contributed by atoms with Crippen LogP contribution in [0.25, 0.3) is 0 Å². The van der Waals surface area contributed by atoms with E-state index in [9.17, 15) is 9.59 Å². The number of benzene rings is 1. The molecule has 4 rings (SSSR count). The summed E-state index contributed by atoms with van der Waals surface area (Å²) in [5.74, 6) is 0.408. The molecule has 0 unspecified atom stereocenters. The minimum Gasteiger partial charge on any atom is -0.459 e. The van der Waals surface area contributed by atoms with Crippen molar-refractivity contribution in [1.82, 2.24) is 14.8 Å². The van der Waals surface area contributed by atoms with Crippen molar-refractivity contribution in [1.29, 1.82) is 0 Å². The van der Waals surface area contributed by atoms with Crippen molar-refractivity contribution in [3.8, 4) is 0 Å². The van der Waals surface area contributed by atoms with Gasteiger partial charge in [-0.2, -0.15) is 0 Å². The van der Waals surface area contributed by atoms with E-state index < -0.39 is 0 Å². The van der Waals surface area contributed by atoms with Crippen LogP contribution >= 0.6 is 34.7 Å². The molecule has 1 aliphatic carbocycles. The molecule has 1 N–H and O–H groups in total. The Morgan fingerprint density at radius 2 is 1.94 bits per heavy atom. The van der Waals surface area contributed by atoms with Gasteiger partial charge in [0.2, 0.25) is 5.91 Å². The number of rotatable bonds is 8. The fraction of sp³-hybridized carbons (Fsp3) is 0.417. The summed E-state index contributed by atoms with van der Waals surface area (Å²) in [5, 5.41) is 13.4. The van der Waals surface area contributed by atoms with E-state index in [0.29, 0.717) is 27.2 Å². The molecule has 0 aliphatic heterocycles. The Labute approximate surface area is 212 Å². The first-order chi connectivity index (χ1) is 16.3. The summed E-state index contributed by atoms with van der Waals surface area (Å²) in [6.07, 6.45) is 4.31. The van der Waals surface area contributed by atoms with Gasteiger partial charge in [-0.15, -0.1) is 21.5 Å². The van der Waals surface area contributed by atoms with Crippen molar-refractivity contribution in [2.24, 2.45) is 7.05 Å². The summed E-state index contributed by atoms with van der Waals surface area (Å²) in [7, 11) is 1.89. The van der Waals surface area contributed by atoms with Crippen LogP contribution in [0.3, 0.4) is 0 Å². The minimum atomic E-state index is -0.363. The van der Waals surface area contributed by atoms with Gasteiger partial charge in [-0.25, -0.2) is 4.79 Å². The van der Waals surface area contributed by atoms with Crippen molar-refractivity contribution >= 4 is 51.6 Å². The van der Waals surface area contributed by atoms with Crippen molar-refractivity contribution < 1.29 is 14.3 Å². The number of nitrogens with one attached hydrogen (secondary N) is 1. The number of thiophene rings is 1. The maximum atomic E-state index is 12.8. The first-order valence-electron chi connectivity index (χ1n) is 11.2. The third-order valence-electron chi connectivity index (χ3n) is 5.50. The summed E-state index contributed by atoms with van der Waals surface area (Å²) in [6, 6.07) is 7.61. The molecule has 3 aromatic rings. The van der Waals surface area contributed by atoms with Gasteiger partial charge >= 0.3 is 5.97 Å². The second-order valence-electron chi connectivity index (χ2n) is 8.47. The molecule has 0 bridgehead atoms. The largest absolute Gasteiger partial charge is 0.459 e. The second kappa shape index (κ2) is 10.9. The molecule has 0 fully saturated rings. The van der Waals surface area contributed by atoms with E-state index >= 15 is 0 Å². The Kier molecular flexibility index (Phi) is 7.95. The molecule has 0 saturated heterocycles. The highest BCUT2D eigenvalue weighted by Gasteiger charge is 2.28. The first kappa shape index (κ1) is 24.8. The zero-order valence-electron chi connectivity index (χ0n) is 19.4. The molecule has 0 radical (unpaired) electrons. The second-order valence-corrected chi connectivity index (χ2v) is 11.0. The third kappa shape index (κ3) is 5.82. The monoisotopic (exact) mass is 518 g/mol. The Morgan fingerprint density at radius 3 is 2.68 bits per heavy atom.